The lowest BCUT2D eigenvalue weighted by Gasteiger charge is -2.15. The van der Waals surface area contributed by atoms with Crippen LogP contribution in [0.25, 0.3) is 0 Å². The molecule has 0 heterocycles. The minimum atomic E-state index is -4.03. The molecule has 0 aliphatic heterocycles. The molecule has 0 unspecified atom stereocenters. The van der Waals surface area contributed by atoms with Gasteiger partial charge in [-0.15, -0.1) is 0 Å². The summed E-state index contributed by atoms with van der Waals surface area (Å²) in [7, 11) is -4.03. The molecule has 0 radical (unpaired) electrons. The average molecular weight is 441 g/mol. The molecule has 0 aliphatic carbocycles. The van der Waals surface area contributed by atoms with Crippen molar-refractivity contribution in [2.24, 2.45) is 0 Å². The van der Waals surface area contributed by atoms with Gasteiger partial charge in [0.15, 0.2) is 5.82 Å². The van der Waals surface area contributed by atoms with E-state index < -0.39 is 20.5 Å². The third kappa shape index (κ3) is 5.11. The molecule has 0 saturated carbocycles. The summed E-state index contributed by atoms with van der Waals surface area (Å²) >= 11 is 0. The first-order chi connectivity index (χ1) is 14.7. The minimum absolute atomic E-state index is 0.0113. The van der Waals surface area contributed by atoms with Crippen molar-refractivity contribution in [2.45, 2.75) is 36.5 Å². The van der Waals surface area contributed by atoms with Crippen molar-refractivity contribution in [3.63, 3.8) is 0 Å². The van der Waals surface area contributed by atoms with E-state index in [1.807, 2.05) is 45.0 Å². The zero-order valence-electron chi connectivity index (χ0n) is 17.6. The zero-order chi connectivity index (χ0) is 22.6. The monoisotopic (exact) mass is 440 g/mol. The van der Waals surface area contributed by atoms with Gasteiger partial charge < -0.3 is 10.6 Å². The highest BCUT2D eigenvalue weighted by molar-refractivity contribution is 7.91. The van der Waals surface area contributed by atoms with Crippen LogP contribution < -0.4 is 10.6 Å². The van der Waals surface area contributed by atoms with E-state index in [1.54, 1.807) is 12.1 Å². The lowest BCUT2D eigenvalue weighted by atomic mass is 10.0. The highest BCUT2D eigenvalue weighted by Gasteiger charge is 2.23. The number of para-hydroxylation sites is 1. The molecular formula is C24H25FN2O3S. The summed E-state index contributed by atoms with van der Waals surface area (Å²) in [6, 6.07) is 17.8. The van der Waals surface area contributed by atoms with Gasteiger partial charge in [0.2, 0.25) is 15.7 Å². The Balaban J connectivity index is 1.77. The van der Waals surface area contributed by atoms with Crippen molar-refractivity contribution >= 4 is 27.1 Å². The maximum Gasteiger partial charge on any atom is 0.243 e. The third-order valence-electron chi connectivity index (χ3n) is 4.88. The minimum Gasteiger partial charge on any atom is -0.374 e. The number of aryl methyl sites for hydroxylation is 1. The van der Waals surface area contributed by atoms with Gasteiger partial charge in [-0.2, -0.15) is 0 Å². The van der Waals surface area contributed by atoms with Gasteiger partial charge in [0.1, 0.15) is 4.90 Å². The van der Waals surface area contributed by atoms with Crippen molar-refractivity contribution in [3.05, 3.63) is 83.7 Å². The molecule has 0 bridgehead atoms. The first-order valence-electron chi connectivity index (χ1n) is 9.93. The number of hydrogen-bond donors (Lipinski definition) is 2. The molecule has 2 N–H and O–H groups in total. The fraction of sp³-hybridized carbons (Fsp3) is 0.208. The fourth-order valence-electron chi connectivity index (χ4n) is 3.18. The van der Waals surface area contributed by atoms with E-state index in [2.05, 4.69) is 10.6 Å². The van der Waals surface area contributed by atoms with Gasteiger partial charge in [-0.3, -0.25) is 4.79 Å². The molecule has 0 fully saturated rings. The maximum absolute atomic E-state index is 15.0. The van der Waals surface area contributed by atoms with Crippen molar-refractivity contribution in [3.8, 4) is 0 Å². The van der Waals surface area contributed by atoms with Crippen molar-refractivity contribution in [1.29, 1.82) is 0 Å². The van der Waals surface area contributed by atoms with E-state index in [0.29, 0.717) is 5.69 Å². The second-order valence-electron chi connectivity index (χ2n) is 7.58. The highest BCUT2D eigenvalue weighted by Crippen LogP contribution is 2.28. The van der Waals surface area contributed by atoms with Crippen LogP contribution in [0.15, 0.2) is 76.5 Å². The number of anilines is 2. The van der Waals surface area contributed by atoms with Crippen LogP contribution >= 0.6 is 0 Å². The Labute approximate surface area is 182 Å². The number of rotatable bonds is 7. The van der Waals surface area contributed by atoms with Gasteiger partial charge in [0.05, 0.1) is 17.1 Å². The molecule has 31 heavy (non-hydrogen) atoms. The number of nitrogens with one attached hydrogen (secondary N) is 2. The van der Waals surface area contributed by atoms with Crippen LogP contribution in [0.2, 0.25) is 0 Å². The molecule has 0 aromatic heterocycles. The quantitative estimate of drug-likeness (QED) is 0.533. The first-order valence-corrected chi connectivity index (χ1v) is 11.4. The van der Waals surface area contributed by atoms with Crippen molar-refractivity contribution in [2.75, 3.05) is 17.2 Å². The summed E-state index contributed by atoms with van der Waals surface area (Å²) in [5, 5.41) is 5.52. The Morgan fingerprint density at radius 1 is 0.935 bits per heavy atom. The van der Waals surface area contributed by atoms with Crippen LogP contribution in [0.4, 0.5) is 15.8 Å². The van der Waals surface area contributed by atoms with Crippen LogP contribution in [-0.4, -0.2) is 20.9 Å². The van der Waals surface area contributed by atoms with Gasteiger partial charge in [-0.25, -0.2) is 12.8 Å². The SMILES string of the molecule is Cc1ccc(S(=O)(=O)c2cccc(NCC(=O)Nc3ccccc3C(C)C)c2F)cc1. The molecule has 3 aromatic rings. The van der Waals surface area contributed by atoms with E-state index in [9.17, 15) is 13.2 Å². The van der Waals surface area contributed by atoms with E-state index >= 15 is 4.39 Å². The second kappa shape index (κ2) is 9.31. The Kier molecular flexibility index (Phi) is 6.75. The molecule has 1 amide bonds. The number of benzene rings is 3. The maximum atomic E-state index is 15.0. The molecule has 0 aliphatic rings. The number of sulfone groups is 1. The van der Waals surface area contributed by atoms with E-state index in [-0.39, 0.29) is 29.0 Å². The second-order valence-corrected chi connectivity index (χ2v) is 9.50. The topological polar surface area (TPSA) is 75.3 Å². The van der Waals surface area contributed by atoms with Gasteiger partial charge in [0.25, 0.3) is 0 Å². The number of hydrogen-bond acceptors (Lipinski definition) is 4. The molecular weight excluding hydrogens is 415 g/mol. The predicted octanol–water partition coefficient (Wildman–Crippen LogP) is 5.14. The first kappa shape index (κ1) is 22.5. The molecule has 0 saturated heterocycles. The van der Waals surface area contributed by atoms with Crippen molar-refractivity contribution < 1.29 is 17.6 Å². The molecule has 162 valence electrons. The summed E-state index contributed by atoms with van der Waals surface area (Å²) in [6.45, 7) is 5.68. The smallest absolute Gasteiger partial charge is 0.243 e. The summed E-state index contributed by atoms with van der Waals surface area (Å²) in [5.74, 6) is -1.05. The normalized spacial score (nSPS) is 11.4. The molecule has 0 spiro atoms. The summed E-state index contributed by atoms with van der Waals surface area (Å²) in [5.41, 5.74) is 2.54. The molecule has 0 atom stereocenters. The summed E-state index contributed by atoms with van der Waals surface area (Å²) in [4.78, 5) is 12.0. The van der Waals surface area contributed by atoms with E-state index in [4.69, 9.17) is 0 Å². The van der Waals surface area contributed by atoms with Crippen LogP contribution in [0.3, 0.4) is 0 Å². The van der Waals surface area contributed by atoms with Crippen molar-refractivity contribution in [1.82, 2.24) is 0 Å². The number of amides is 1. The zero-order valence-corrected chi connectivity index (χ0v) is 18.5. The summed E-state index contributed by atoms with van der Waals surface area (Å²) < 4.78 is 40.7. The highest BCUT2D eigenvalue weighted by atomic mass is 32.2. The lowest BCUT2D eigenvalue weighted by Crippen LogP contribution is -2.23. The Hall–Kier alpha value is -3.19. The molecule has 3 rings (SSSR count). The number of carbonyl (C=O) groups is 1. The molecule has 3 aromatic carbocycles. The third-order valence-corrected chi connectivity index (χ3v) is 6.67. The largest absolute Gasteiger partial charge is 0.374 e. The number of carbonyl (C=O) groups excluding carboxylic acids is 1. The van der Waals surface area contributed by atoms with E-state index in [1.165, 1.54) is 30.3 Å². The van der Waals surface area contributed by atoms with Gasteiger partial charge in [-0.05, 0) is 48.7 Å². The Morgan fingerprint density at radius 2 is 1.58 bits per heavy atom. The Bertz CT molecular complexity index is 1190. The van der Waals surface area contributed by atoms with Crippen LogP contribution in [0.1, 0.15) is 30.9 Å². The van der Waals surface area contributed by atoms with Crippen LogP contribution in [0, 0.1) is 12.7 Å². The van der Waals surface area contributed by atoms with Crippen LogP contribution in [0.5, 0.6) is 0 Å². The predicted molar refractivity (Wildman–Crippen MR) is 121 cm³/mol. The standard InChI is InChI=1S/C24H25FN2O3S/c1-16(2)19-7-4-5-8-20(19)27-23(28)15-26-21-9-6-10-22(24(21)25)31(29,30)18-13-11-17(3)12-14-18/h4-14,16,26H,15H2,1-3H3,(H,27,28). The number of halogens is 1. The van der Waals surface area contributed by atoms with Crippen LogP contribution in [-0.2, 0) is 14.6 Å². The Morgan fingerprint density at radius 3 is 2.26 bits per heavy atom. The summed E-state index contributed by atoms with van der Waals surface area (Å²) in [6.07, 6.45) is 0. The van der Waals surface area contributed by atoms with Gasteiger partial charge in [-0.1, -0.05) is 55.8 Å². The van der Waals surface area contributed by atoms with Gasteiger partial charge in [0, 0.05) is 5.69 Å². The average Bonchev–Trinajstić information content (AvgIpc) is 2.73. The molecule has 7 heteroatoms. The van der Waals surface area contributed by atoms with Gasteiger partial charge >= 0.3 is 0 Å². The fourth-order valence-corrected chi connectivity index (χ4v) is 4.54. The molecule has 5 nitrogen and oxygen atoms in total. The lowest BCUT2D eigenvalue weighted by molar-refractivity contribution is -0.114. The van der Waals surface area contributed by atoms with E-state index in [0.717, 1.165) is 11.1 Å².